The van der Waals surface area contributed by atoms with E-state index in [-0.39, 0.29) is 0 Å². The van der Waals surface area contributed by atoms with Gasteiger partial charge in [-0.15, -0.1) is 0 Å². The molecule has 0 amide bonds. The highest BCUT2D eigenvalue weighted by Crippen LogP contribution is 2.08. The monoisotopic (exact) mass is 272 g/mol. The minimum Gasteiger partial charge on any atom is -0.386 e. The van der Waals surface area contributed by atoms with Crippen LogP contribution < -0.4 is 0 Å². The van der Waals surface area contributed by atoms with Crippen molar-refractivity contribution in [2.75, 3.05) is 0 Å². The molecular weight excluding hydrogens is 252 g/mol. The van der Waals surface area contributed by atoms with Crippen LogP contribution in [0, 0.1) is 0 Å². The van der Waals surface area contributed by atoms with Crippen LogP contribution in [0.4, 0.5) is 0 Å². The summed E-state index contributed by atoms with van der Waals surface area (Å²) in [6.07, 6.45) is 5.14. The molecule has 0 spiro atoms. The highest BCUT2D eigenvalue weighted by atomic mass is 16.6. The lowest BCUT2D eigenvalue weighted by molar-refractivity contribution is -0.132. The van der Waals surface area contributed by atoms with Crippen LogP contribution in [0.25, 0.3) is 0 Å². The Balaban J connectivity index is 2.50. The molecule has 0 saturated carbocycles. The molecule has 1 aromatic carbocycles. The highest BCUT2D eigenvalue weighted by molar-refractivity contribution is 6.00. The first-order valence-electron chi connectivity index (χ1n) is 6.61. The molecule has 3 heteroatoms. The van der Waals surface area contributed by atoms with Crippen LogP contribution in [-0.4, -0.2) is 11.9 Å². The van der Waals surface area contributed by atoms with Crippen LogP contribution in [-0.2, 0) is 9.53 Å². The maximum absolute atomic E-state index is 11.7. The van der Waals surface area contributed by atoms with Gasteiger partial charge >= 0.3 is 11.9 Å². The Morgan fingerprint density at radius 3 is 2.35 bits per heavy atom. The number of benzene rings is 1. The van der Waals surface area contributed by atoms with Crippen LogP contribution in [0.15, 0.2) is 53.6 Å². The molecule has 0 saturated heterocycles. The smallest absolute Gasteiger partial charge is 0.346 e. The summed E-state index contributed by atoms with van der Waals surface area (Å²) in [5.41, 5.74) is 2.52. The summed E-state index contributed by atoms with van der Waals surface area (Å²) in [6, 6.07) is 8.47. The lowest BCUT2D eigenvalue weighted by atomic mass is 10.1. The van der Waals surface area contributed by atoms with Crippen molar-refractivity contribution in [2.45, 2.75) is 33.6 Å². The molecule has 0 atom stereocenters. The molecule has 1 aromatic rings. The summed E-state index contributed by atoms with van der Waals surface area (Å²) in [5, 5.41) is 0. The molecule has 1 rings (SSSR count). The Hall–Kier alpha value is -2.16. The van der Waals surface area contributed by atoms with Gasteiger partial charge in [0, 0.05) is 6.08 Å². The summed E-state index contributed by atoms with van der Waals surface area (Å²) < 4.78 is 4.76. The van der Waals surface area contributed by atoms with Crippen LogP contribution in [0.3, 0.4) is 0 Å². The maximum atomic E-state index is 11.7. The lowest BCUT2D eigenvalue weighted by Crippen LogP contribution is -2.10. The van der Waals surface area contributed by atoms with E-state index in [9.17, 15) is 9.59 Å². The molecule has 0 N–H and O–H groups in total. The van der Waals surface area contributed by atoms with E-state index < -0.39 is 11.9 Å². The number of hydrogen-bond donors (Lipinski definition) is 0. The van der Waals surface area contributed by atoms with E-state index in [1.165, 1.54) is 11.6 Å². The first-order chi connectivity index (χ1) is 9.49. The Kier molecular flexibility index (Phi) is 6.44. The molecule has 106 valence electrons. The fraction of sp³-hybridized carbons (Fsp3) is 0.294. The lowest BCUT2D eigenvalue weighted by Gasteiger charge is -2.01. The van der Waals surface area contributed by atoms with Gasteiger partial charge in [-0.3, -0.25) is 0 Å². The van der Waals surface area contributed by atoms with Gasteiger partial charge in [-0.1, -0.05) is 35.4 Å². The summed E-state index contributed by atoms with van der Waals surface area (Å²) in [5.74, 6) is -1.24. The summed E-state index contributed by atoms with van der Waals surface area (Å²) in [7, 11) is 0. The zero-order valence-corrected chi connectivity index (χ0v) is 12.2. The third kappa shape index (κ3) is 6.14. The number of esters is 2. The van der Waals surface area contributed by atoms with E-state index in [0.717, 1.165) is 18.4 Å². The molecule has 3 nitrogen and oxygen atoms in total. The number of carbonyl (C=O) groups excluding carboxylic acids is 2. The van der Waals surface area contributed by atoms with Crippen LogP contribution >= 0.6 is 0 Å². The van der Waals surface area contributed by atoms with Crippen molar-refractivity contribution >= 4 is 11.9 Å². The number of hydrogen-bond acceptors (Lipinski definition) is 3. The van der Waals surface area contributed by atoms with Crippen molar-refractivity contribution in [3.8, 4) is 0 Å². The average molecular weight is 272 g/mol. The maximum Gasteiger partial charge on any atom is 0.346 e. The minimum atomic E-state index is -0.621. The normalized spacial score (nSPS) is 10.8. The van der Waals surface area contributed by atoms with Gasteiger partial charge in [0.15, 0.2) is 0 Å². The standard InChI is InChI=1S/C17H20O3/c1-13(2)8-7-9-14(3)12-16(18)20-17(19)15-10-5-4-6-11-15/h4-6,8,10-12H,7,9H2,1-3H3/b14-12+. The molecular formula is C17H20O3. The number of rotatable bonds is 5. The quantitative estimate of drug-likeness (QED) is 0.351. The Morgan fingerprint density at radius 2 is 1.75 bits per heavy atom. The first kappa shape index (κ1) is 15.9. The van der Waals surface area contributed by atoms with Crippen molar-refractivity contribution in [1.82, 2.24) is 0 Å². The second-order valence-corrected chi connectivity index (χ2v) is 4.89. The van der Waals surface area contributed by atoms with Crippen molar-refractivity contribution < 1.29 is 14.3 Å². The molecule has 0 heterocycles. The van der Waals surface area contributed by atoms with E-state index >= 15 is 0 Å². The summed E-state index contributed by atoms with van der Waals surface area (Å²) >= 11 is 0. The molecule has 0 aliphatic heterocycles. The molecule has 0 unspecified atom stereocenters. The summed E-state index contributed by atoms with van der Waals surface area (Å²) in [6.45, 7) is 5.92. The molecule has 0 aliphatic carbocycles. The fourth-order valence-electron chi connectivity index (χ4n) is 1.62. The average Bonchev–Trinajstić information content (AvgIpc) is 2.38. The van der Waals surface area contributed by atoms with Crippen molar-refractivity contribution in [3.05, 3.63) is 59.2 Å². The minimum absolute atomic E-state index is 0.372. The second kappa shape index (κ2) is 8.10. The molecule has 20 heavy (non-hydrogen) atoms. The molecule has 0 aliphatic rings. The van der Waals surface area contributed by atoms with Gasteiger partial charge in [-0.05, 0) is 45.7 Å². The van der Waals surface area contributed by atoms with Crippen LogP contribution in [0.2, 0.25) is 0 Å². The molecule has 0 radical (unpaired) electrons. The Labute approximate surface area is 120 Å². The molecule has 0 fully saturated rings. The fourth-order valence-corrected chi connectivity index (χ4v) is 1.62. The van der Waals surface area contributed by atoms with E-state index in [0.29, 0.717) is 5.56 Å². The van der Waals surface area contributed by atoms with E-state index in [4.69, 9.17) is 4.74 Å². The largest absolute Gasteiger partial charge is 0.386 e. The van der Waals surface area contributed by atoms with Crippen molar-refractivity contribution in [2.24, 2.45) is 0 Å². The summed E-state index contributed by atoms with van der Waals surface area (Å²) in [4.78, 5) is 23.3. The van der Waals surface area contributed by atoms with Gasteiger partial charge in [0.25, 0.3) is 0 Å². The van der Waals surface area contributed by atoms with Gasteiger partial charge in [0.1, 0.15) is 0 Å². The Bertz CT molecular complexity index is 520. The third-order valence-corrected chi connectivity index (χ3v) is 2.66. The van der Waals surface area contributed by atoms with Gasteiger partial charge in [0.2, 0.25) is 0 Å². The van der Waals surface area contributed by atoms with Crippen molar-refractivity contribution in [1.29, 1.82) is 0 Å². The zero-order valence-electron chi connectivity index (χ0n) is 12.2. The predicted octanol–water partition coefficient (Wildman–Crippen LogP) is 4.06. The van der Waals surface area contributed by atoms with Gasteiger partial charge in [0.05, 0.1) is 5.56 Å². The van der Waals surface area contributed by atoms with Crippen molar-refractivity contribution in [3.63, 3.8) is 0 Å². The van der Waals surface area contributed by atoms with E-state index in [2.05, 4.69) is 6.08 Å². The number of allylic oxidation sites excluding steroid dienone is 3. The van der Waals surface area contributed by atoms with Crippen LogP contribution in [0.5, 0.6) is 0 Å². The van der Waals surface area contributed by atoms with Crippen LogP contribution in [0.1, 0.15) is 44.0 Å². The van der Waals surface area contributed by atoms with E-state index in [1.54, 1.807) is 30.3 Å². The topological polar surface area (TPSA) is 43.4 Å². The zero-order chi connectivity index (χ0) is 15.0. The van der Waals surface area contributed by atoms with Gasteiger partial charge in [-0.25, -0.2) is 9.59 Å². The number of carbonyl (C=O) groups is 2. The van der Waals surface area contributed by atoms with E-state index in [1.807, 2.05) is 20.8 Å². The third-order valence-electron chi connectivity index (χ3n) is 2.66. The molecule has 0 aromatic heterocycles. The first-order valence-corrected chi connectivity index (χ1v) is 6.61. The second-order valence-electron chi connectivity index (χ2n) is 4.89. The number of ether oxygens (including phenoxy) is 1. The SMILES string of the molecule is CC(C)=CCC/C(C)=C/C(=O)OC(=O)c1ccccc1. The molecule has 0 bridgehead atoms. The predicted molar refractivity (Wildman–Crippen MR) is 79.3 cm³/mol. The highest BCUT2D eigenvalue weighted by Gasteiger charge is 2.10. The Morgan fingerprint density at radius 1 is 1.10 bits per heavy atom. The van der Waals surface area contributed by atoms with Gasteiger partial charge in [-0.2, -0.15) is 0 Å². The van der Waals surface area contributed by atoms with Gasteiger partial charge < -0.3 is 4.74 Å².